The van der Waals surface area contributed by atoms with Crippen molar-refractivity contribution in [3.63, 3.8) is 0 Å². The molecule has 1 rings (SSSR count). The Kier molecular flexibility index (Phi) is 6.15. The number of rotatable bonds is 7. The third kappa shape index (κ3) is 4.44. The molecular weight excluding hydrogens is 252 g/mol. The van der Waals surface area contributed by atoms with Crippen molar-refractivity contribution in [2.45, 2.75) is 6.42 Å². The predicted molar refractivity (Wildman–Crippen MR) is 80.4 cm³/mol. The molecule has 0 radical (unpaired) electrons. The molecule has 0 heterocycles. The van der Waals surface area contributed by atoms with E-state index in [1.807, 2.05) is 30.0 Å². The lowest BCUT2D eigenvalue weighted by atomic mass is 10.1. The standard InChI is InChI=1S/C12H18N2OS2/c1-15-9-4-5-10(12(13)16)11(8-9)14-6-3-7-17-2/h4-5,8,14H,3,6-7H2,1-2H3,(H2,13,16). The summed E-state index contributed by atoms with van der Waals surface area (Å²) in [7, 11) is 1.65. The zero-order valence-corrected chi connectivity index (χ0v) is 11.8. The van der Waals surface area contributed by atoms with Crippen LogP contribution in [0.2, 0.25) is 0 Å². The molecular formula is C12H18N2OS2. The smallest absolute Gasteiger partial charge is 0.120 e. The monoisotopic (exact) mass is 270 g/mol. The van der Waals surface area contributed by atoms with Crippen molar-refractivity contribution in [1.29, 1.82) is 0 Å². The van der Waals surface area contributed by atoms with Gasteiger partial charge in [0, 0.05) is 23.9 Å². The van der Waals surface area contributed by atoms with Crippen molar-refractivity contribution in [2.75, 3.05) is 31.0 Å². The Morgan fingerprint density at radius 2 is 2.29 bits per heavy atom. The average Bonchev–Trinajstić information content (AvgIpc) is 2.34. The van der Waals surface area contributed by atoms with Crippen LogP contribution in [0.3, 0.4) is 0 Å². The number of nitrogens with two attached hydrogens (primary N) is 1. The molecule has 0 saturated heterocycles. The highest BCUT2D eigenvalue weighted by Crippen LogP contribution is 2.22. The van der Waals surface area contributed by atoms with Gasteiger partial charge < -0.3 is 15.8 Å². The molecule has 0 saturated carbocycles. The molecule has 1 aromatic carbocycles. The number of thioether (sulfide) groups is 1. The minimum atomic E-state index is 0.403. The molecule has 0 aromatic heterocycles. The van der Waals surface area contributed by atoms with Gasteiger partial charge in [-0.1, -0.05) is 12.2 Å². The molecule has 0 bridgehead atoms. The first-order valence-corrected chi connectivity index (χ1v) is 7.20. The van der Waals surface area contributed by atoms with Crippen LogP contribution in [0.4, 0.5) is 5.69 Å². The number of hydrogen-bond donors (Lipinski definition) is 2. The lowest BCUT2D eigenvalue weighted by Gasteiger charge is -2.12. The lowest BCUT2D eigenvalue weighted by molar-refractivity contribution is 0.415. The maximum Gasteiger partial charge on any atom is 0.120 e. The second-order valence-corrected chi connectivity index (χ2v) is 4.97. The summed E-state index contributed by atoms with van der Waals surface area (Å²) < 4.78 is 5.19. The van der Waals surface area contributed by atoms with E-state index in [-0.39, 0.29) is 0 Å². The molecule has 0 unspecified atom stereocenters. The van der Waals surface area contributed by atoms with Gasteiger partial charge in [-0.3, -0.25) is 0 Å². The number of anilines is 1. The van der Waals surface area contributed by atoms with Crippen LogP contribution in [-0.4, -0.2) is 30.7 Å². The van der Waals surface area contributed by atoms with Gasteiger partial charge in [-0.25, -0.2) is 0 Å². The lowest BCUT2D eigenvalue weighted by Crippen LogP contribution is -2.14. The Hall–Kier alpha value is -0.940. The molecule has 0 aliphatic carbocycles. The summed E-state index contributed by atoms with van der Waals surface area (Å²) in [6.45, 7) is 0.906. The van der Waals surface area contributed by atoms with Crippen LogP contribution in [0, 0.1) is 0 Å². The second kappa shape index (κ2) is 7.40. The Labute approximate surface area is 112 Å². The van der Waals surface area contributed by atoms with Crippen molar-refractivity contribution in [3.05, 3.63) is 23.8 Å². The summed E-state index contributed by atoms with van der Waals surface area (Å²) >= 11 is 6.86. The van der Waals surface area contributed by atoms with Gasteiger partial charge in [0.2, 0.25) is 0 Å². The van der Waals surface area contributed by atoms with Gasteiger partial charge in [-0.05, 0) is 30.6 Å². The van der Waals surface area contributed by atoms with E-state index in [1.165, 1.54) is 0 Å². The van der Waals surface area contributed by atoms with Gasteiger partial charge >= 0.3 is 0 Å². The first-order valence-electron chi connectivity index (χ1n) is 5.39. The maximum atomic E-state index is 5.68. The average molecular weight is 270 g/mol. The van der Waals surface area contributed by atoms with Crippen LogP contribution in [0.5, 0.6) is 5.75 Å². The van der Waals surface area contributed by atoms with Crippen LogP contribution < -0.4 is 15.8 Å². The molecule has 94 valence electrons. The summed E-state index contributed by atoms with van der Waals surface area (Å²) in [4.78, 5) is 0.403. The van der Waals surface area contributed by atoms with Gasteiger partial charge in [0.1, 0.15) is 10.7 Å². The molecule has 17 heavy (non-hydrogen) atoms. The predicted octanol–water partition coefficient (Wildman–Crippen LogP) is 2.49. The maximum absolute atomic E-state index is 5.68. The Bertz CT molecular complexity index is 383. The molecule has 0 aliphatic heterocycles. The Morgan fingerprint density at radius 3 is 2.88 bits per heavy atom. The largest absolute Gasteiger partial charge is 0.497 e. The summed E-state index contributed by atoms with van der Waals surface area (Å²) in [6.07, 6.45) is 3.21. The summed E-state index contributed by atoms with van der Waals surface area (Å²) in [5, 5.41) is 3.34. The zero-order valence-electron chi connectivity index (χ0n) is 10.2. The number of benzene rings is 1. The second-order valence-electron chi connectivity index (χ2n) is 3.55. The fraction of sp³-hybridized carbons (Fsp3) is 0.417. The highest BCUT2D eigenvalue weighted by molar-refractivity contribution is 7.98. The van der Waals surface area contributed by atoms with Gasteiger partial charge in [-0.2, -0.15) is 11.8 Å². The minimum Gasteiger partial charge on any atom is -0.497 e. The van der Waals surface area contributed by atoms with E-state index in [0.29, 0.717) is 4.99 Å². The summed E-state index contributed by atoms with van der Waals surface area (Å²) in [6, 6.07) is 5.67. The normalized spacial score (nSPS) is 10.0. The van der Waals surface area contributed by atoms with Crippen LogP contribution in [0.15, 0.2) is 18.2 Å². The molecule has 5 heteroatoms. The van der Waals surface area contributed by atoms with Crippen molar-refractivity contribution >= 4 is 34.7 Å². The molecule has 0 fully saturated rings. The van der Waals surface area contributed by atoms with Crippen molar-refractivity contribution < 1.29 is 4.74 Å². The third-order valence-corrected chi connectivity index (χ3v) is 3.25. The van der Waals surface area contributed by atoms with E-state index in [9.17, 15) is 0 Å². The Morgan fingerprint density at radius 1 is 1.53 bits per heavy atom. The molecule has 0 aliphatic rings. The molecule has 1 aromatic rings. The topological polar surface area (TPSA) is 47.3 Å². The molecule has 0 atom stereocenters. The number of nitrogens with one attached hydrogen (secondary N) is 1. The fourth-order valence-electron chi connectivity index (χ4n) is 1.45. The van der Waals surface area contributed by atoms with E-state index < -0.39 is 0 Å². The third-order valence-electron chi connectivity index (χ3n) is 2.33. The zero-order chi connectivity index (χ0) is 12.7. The van der Waals surface area contributed by atoms with E-state index in [2.05, 4.69) is 11.6 Å². The Balaban J connectivity index is 2.75. The van der Waals surface area contributed by atoms with E-state index >= 15 is 0 Å². The fourth-order valence-corrected chi connectivity index (χ4v) is 2.06. The summed E-state index contributed by atoms with van der Waals surface area (Å²) in [5.74, 6) is 1.94. The number of ether oxygens (including phenoxy) is 1. The first-order chi connectivity index (χ1) is 8.19. The molecule has 3 nitrogen and oxygen atoms in total. The minimum absolute atomic E-state index is 0.403. The number of thiocarbonyl (C=S) groups is 1. The summed E-state index contributed by atoms with van der Waals surface area (Å²) in [5.41, 5.74) is 7.49. The van der Waals surface area contributed by atoms with Gasteiger partial charge in [0.05, 0.1) is 7.11 Å². The van der Waals surface area contributed by atoms with Gasteiger partial charge in [0.15, 0.2) is 0 Å². The van der Waals surface area contributed by atoms with E-state index in [1.54, 1.807) is 7.11 Å². The molecule has 0 amide bonds. The van der Waals surface area contributed by atoms with Crippen LogP contribution in [0.1, 0.15) is 12.0 Å². The number of methoxy groups -OCH3 is 1. The van der Waals surface area contributed by atoms with E-state index in [4.69, 9.17) is 22.7 Å². The molecule has 3 N–H and O–H groups in total. The van der Waals surface area contributed by atoms with Crippen molar-refractivity contribution in [1.82, 2.24) is 0 Å². The SMILES string of the molecule is COc1ccc(C(N)=S)c(NCCCSC)c1. The van der Waals surface area contributed by atoms with E-state index in [0.717, 1.165) is 35.7 Å². The van der Waals surface area contributed by atoms with Crippen LogP contribution >= 0.6 is 24.0 Å². The first kappa shape index (κ1) is 14.1. The van der Waals surface area contributed by atoms with Gasteiger partial charge in [-0.15, -0.1) is 0 Å². The van der Waals surface area contributed by atoms with Crippen molar-refractivity contribution in [3.8, 4) is 5.75 Å². The molecule has 0 spiro atoms. The number of hydrogen-bond acceptors (Lipinski definition) is 4. The highest BCUT2D eigenvalue weighted by atomic mass is 32.2. The quantitative estimate of drug-likeness (QED) is 0.589. The van der Waals surface area contributed by atoms with Crippen LogP contribution in [0.25, 0.3) is 0 Å². The van der Waals surface area contributed by atoms with Crippen molar-refractivity contribution in [2.24, 2.45) is 5.73 Å². The van der Waals surface area contributed by atoms with Crippen LogP contribution in [-0.2, 0) is 0 Å². The highest BCUT2D eigenvalue weighted by Gasteiger charge is 2.06. The van der Waals surface area contributed by atoms with Gasteiger partial charge in [0.25, 0.3) is 0 Å².